The fourth-order valence-corrected chi connectivity index (χ4v) is 5.29. The van der Waals surface area contributed by atoms with Crippen LogP contribution in [0.3, 0.4) is 0 Å². The number of aromatic nitrogens is 3. The maximum absolute atomic E-state index is 5.86. The summed E-state index contributed by atoms with van der Waals surface area (Å²) in [5.41, 5.74) is 8.07. The fourth-order valence-electron chi connectivity index (χ4n) is 4.99. The van der Waals surface area contributed by atoms with E-state index in [-0.39, 0.29) is 12.1 Å². The van der Waals surface area contributed by atoms with Crippen LogP contribution in [0.4, 0.5) is 5.69 Å². The average Bonchev–Trinajstić information content (AvgIpc) is 3.35. The van der Waals surface area contributed by atoms with Crippen molar-refractivity contribution in [1.29, 1.82) is 0 Å². The summed E-state index contributed by atoms with van der Waals surface area (Å²) in [6, 6.07) is 21.0. The molecule has 2 atom stereocenters. The highest BCUT2D eigenvalue weighted by Crippen LogP contribution is 2.42. The van der Waals surface area contributed by atoms with Crippen LogP contribution in [0.5, 0.6) is 0 Å². The highest BCUT2D eigenvalue weighted by Gasteiger charge is 2.41. The zero-order valence-electron chi connectivity index (χ0n) is 20.5. The lowest BCUT2D eigenvalue weighted by Gasteiger charge is -2.28. The van der Waals surface area contributed by atoms with Crippen molar-refractivity contribution in [3.8, 4) is 5.69 Å². The number of rotatable bonds is 6. The van der Waals surface area contributed by atoms with Crippen molar-refractivity contribution in [2.45, 2.75) is 32.5 Å². The van der Waals surface area contributed by atoms with Gasteiger partial charge in [-0.15, -0.1) is 0 Å². The molecule has 0 bridgehead atoms. The summed E-state index contributed by atoms with van der Waals surface area (Å²) in [6.07, 6.45) is 5.55. The molecule has 0 spiro atoms. The minimum atomic E-state index is -0.0505. The van der Waals surface area contributed by atoms with Crippen LogP contribution in [0.25, 0.3) is 5.69 Å². The molecule has 1 aliphatic heterocycles. The summed E-state index contributed by atoms with van der Waals surface area (Å²) in [5, 5.41) is 4.30. The Kier molecular flexibility index (Phi) is 6.26. The number of aryl methyl sites for hydroxylation is 1. The van der Waals surface area contributed by atoms with E-state index in [0.717, 1.165) is 22.1 Å². The number of hydrogen-bond acceptors (Lipinski definition) is 4. The van der Waals surface area contributed by atoms with Gasteiger partial charge in [0, 0.05) is 62.0 Å². The van der Waals surface area contributed by atoms with E-state index in [1.165, 1.54) is 22.6 Å². The van der Waals surface area contributed by atoms with Crippen LogP contribution in [0.1, 0.15) is 40.3 Å². The van der Waals surface area contributed by atoms with Crippen LogP contribution in [0.2, 0.25) is 0 Å². The van der Waals surface area contributed by atoms with Gasteiger partial charge in [-0.25, -0.2) is 0 Å². The van der Waals surface area contributed by atoms with Crippen LogP contribution in [-0.4, -0.2) is 38.6 Å². The predicted molar refractivity (Wildman–Crippen MR) is 145 cm³/mol. The Bertz CT molecular complexity index is 1320. The Balaban J connectivity index is 1.59. The third-order valence-corrected chi connectivity index (χ3v) is 7.04. The van der Waals surface area contributed by atoms with Crippen LogP contribution < -0.4 is 10.2 Å². The highest BCUT2D eigenvalue weighted by molar-refractivity contribution is 7.80. The van der Waals surface area contributed by atoms with Crippen molar-refractivity contribution in [2.75, 3.05) is 19.0 Å². The quantitative estimate of drug-likeness (QED) is 0.385. The first-order chi connectivity index (χ1) is 16.9. The molecule has 0 amide bonds. The monoisotopic (exact) mass is 482 g/mol. The zero-order valence-corrected chi connectivity index (χ0v) is 21.3. The lowest BCUT2D eigenvalue weighted by Crippen LogP contribution is -2.29. The van der Waals surface area contributed by atoms with Gasteiger partial charge < -0.3 is 19.7 Å². The van der Waals surface area contributed by atoms with Crippen LogP contribution in [-0.2, 0) is 6.54 Å². The second-order valence-corrected chi connectivity index (χ2v) is 9.58. The first-order valence-corrected chi connectivity index (χ1v) is 12.2. The zero-order chi connectivity index (χ0) is 24.5. The van der Waals surface area contributed by atoms with Crippen molar-refractivity contribution in [1.82, 2.24) is 24.8 Å². The normalized spacial score (nSPS) is 17.5. The molecule has 6 nitrogen and oxygen atoms in total. The van der Waals surface area contributed by atoms with Gasteiger partial charge in [0.05, 0.1) is 17.8 Å². The largest absolute Gasteiger partial charge is 0.378 e. The van der Waals surface area contributed by atoms with Gasteiger partial charge in [-0.3, -0.25) is 9.97 Å². The molecule has 4 aromatic rings. The smallest absolute Gasteiger partial charge is 0.170 e. The van der Waals surface area contributed by atoms with Crippen molar-refractivity contribution >= 4 is 23.0 Å². The van der Waals surface area contributed by atoms with E-state index >= 15 is 0 Å². The third kappa shape index (κ3) is 4.39. The molecule has 0 unspecified atom stereocenters. The van der Waals surface area contributed by atoms with Crippen molar-refractivity contribution in [2.24, 2.45) is 0 Å². The van der Waals surface area contributed by atoms with Gasteiger partial charge in [0.25, 0.3) is 0 Å². The molecule has 1 N–H and O–H groups in total. The van der Waals surface area contributed by atoms with Crippen LogP contribution in [0.15, 0.2) is 79.3 Å². The summed E-state index contributed by atoms with van der Waals surface area (Å²) < 4.78 is 2.33. The van der Waals surface area contributed by atoms with Gasteiger partial charge in [-0.05, 0) is 85.7 Å². The van der Waals surface area contributed by atoms with Gasteiger partial charge in [0.2, 0.25) is 0 Å². The number of nitrogens with zero attached hydrogens (tertiary/aromatic N) is 5. The van der Waals surface area contributed by atoms with E-state index in [2.05, 4.69) is 100 Å². The van der Waals surface area contributed by atoms with Crippen molar-refractivity contribution in [3.05, 3.63) is 107 Å². The topological polar surface area (TPSA) is 49.2 Å². The predicted octanol–water partition coefficient (Wildman–Crippen LogP) is 5.12. The molecule has 1 aromatic carbocycles. The molecule has 1 aliphatic rings. The molecule has 1 saturated heterocycles. The highest BCUT2D eigenvalue weighted by atomic mass is 32.1. The Morgan fingerprint density at radius 1 is 1.00 bits per heavy atom. The Morgan fingerprint density at radius 3 is 2.46 bits per heavy atom. The summed E-state index contributed by atoms with van der Waals surface area (Å²) in [7, 11) is 4.12. The van der Waals surface area contributed by atoms with E-state index in [1.54, 1.807) is 6.20 Å². The summed E-state index contributed by atoms with van der Waals surface area (Å²) in [5.74, 6) is 0. The summed E-state index contributed by atoms with van der Waals surface area (Å²) >= 11 is 5.86. The molecular formula is C28H30N6S. The molecule has 178 valence electrons. The Morgan fingerprint density at radius 2 is 1.80 bits per heavy atom. The van der Waals surface area contributed by atoms with E-state index in [0.29, 0.717) is 6.54 Å². The molecular weight excluding hydrogens is 452 g/mol. The van der Waals surface area contributed by atoms with Crippen molar-refractivity contribution < 1.29 is 0 Å². The average molecular weight is 483 g/mol. The summed E-state index contributed by atoms with van der Waals surface area (Å²) in [4.78, 5) is 13.4. The number of benzene rings is 1. The molecule has 3 aromatic heterocycles. The lowest BCUT2D eigenvalue weighted by molar-refractivity contribution is 0.310. The molecule has 5 rings (SSSR count). The molecule has 7 heteroatoms. The fraction of sp³-hybridized carbons (Fsp3) is 0.250. The molecule has 0 radical (unpaired) electrons. The minimum Gasteiger partial charge on any atom is -0.378 e. The minimum absolute atomic E-state index is 0.00129. The van der Waals surface area contributed by atoms with Gasteiger partial charge in [-0.2, -0.15) is 0 Å². The second kappa shape index (κ2) is 9.50. The van der Waals surface area contributed by atoms with Gasteiger partial charge in [-0.1, -0.05) is 12.1 Å². The second-order valence-electron chi connectivity index (χ2n) is 9.19. The van der Waals surface area contributed by atoms with E-state index in [4.69, 9.17) is 12.2 Å². The molecule has 1 fully saturated rings. The lowest BCUT2D eigenvalue weighted by atomic mass is 9.96. The number of pyridine rings is 2. The standard InChI is InChI=1S/C28H30N6S/c1-19-16-24(20(2)34(19)23-12-10-22(11-13-23)32(3)4)27-26(25-9-5-6-15-30-25)31-28(35)33(27)18-21-8-7-14-29-17-21/h5-17,26-27H,18H2,1-4H3,(H,31,35)/t26-,27-/m0/s1. The van der Waals surface area contributed by atoms with Gasteiger partial charge in [0.15, 0.2) is 5.11 Å². The maximum Gasteiger partial charge on any atom is 0.170 e. The number of anilines is 1. The van der Waals surface area contributed by atoms with Gasteiger partial charge in [0.1, 0.15) is 0 Å². The van der Waals surface area contributed by atoms with Crippen LogP contribution >= 0.6 is 12.2 Å². The van der Waals surface area contributed by atoms with E-state index < -0.39 is 0 Å². The van der Waals surface area contributed by atoms with Gasteiger partial charge >= 0.3 is 0 Å². The maximum atomic E-state index is 5.86. The Labute approximate surface area is 212 Å². The first-order valence-electron chi connectivity index (χ1n) is 11.8. The molecule has 0 saturated carbocycles. The SMILES string of the molecule is Cc1cc([C@H]2[C@H](c3ccccn3)NC(=S)N2Cc2cccnc2)c(C)n1-c1ccc(N(C)C)cc1. The Hall–Kier alpha value is -3.71. The molecule has 35 heavy (non-hydrogen) atoms. The van der Waals surface area contributed by atoms with Crippen molar-refractivity contribution in [3.63, 3.8) is 0 Å². The first kappa shape index (κ1) is 23.1. The molecule has 4 heterocycles. The summed E-state index contributed by atoms with van der Waals surface area (Å²) in [6.45, 7) is 5.04. The van der Waals surface area contributed by atoms with E-state index in [1.807, 2.05) is 30.6 Å². The molecule has 0 aliphatic carbocycles. The number of thiocarbonyl (C=S) groups is 1. The number of nitrogens with one attached hydrogen (secondary N) is 1. The van der Waals surface area contributed by atoms with E-state index in [9.17, 15) is 0 Å². The number of hydrogen-bond donors (Lipinski definition) is 1. The third-order valence-electron chi connectivity index (χ3n) is 6.69. The van der Waals surface area contributed by atoms with Crippen LogP contribution in [0, 0.1) is 13.8 Å².